The van der Waals surface area contributed by atoms with E-state index in [1.807, 2.05) is 36.1 Å². The maximum Gasteiger partial charge on any atom is 0.312 e. The van der Waals surface area contributed by atoms with Gasteiger partial charge in [0.15, 0.2) is 0 Å². The molecule has 0 atom stereocenters. The van der Waals surface area contributed by atoms with Crippen molar-refractivity contribution in [3.63, 3.8) is 0 Å². The Morgan fingerprint density at radius 3 is 2.08 bits per heavy atom. The summed E-state index contributed by atoms with van der Waals surface area (Å²) in [4.78, 5) is 44.0. The second-order valence-electron chi connectivity index (χ2n) is 6.90. The standard InChI is InChI=1S/C19H26N4O3/c1-3-21-12-13-23(19(26)18(21)25)14-15-4-6-16(7-5-15)17(24)22-10-8-20(2)9-11-22/h4-7H,3,8-14H2,1-2H3. The number of hydrogen-bond donors (Lipinski definition) is 0. The van der Waals surface area contributed by atoms with Crippen LogP contribution in [0, 0.1) is 0 Å². The number of nitrogens with zero attached hydrogens (tertiary/aromatic N) is 4. The van der Waals surface area contributed by atoms with Crippen molar-refractivity contribution in [1.29, 1.82) is 0 Å². The Labute approximate surface area is 154 Å². The number of likely N-dealkylation sites (N-methyl/N-ethyl adjacent to an activating group) is 2. The Bertz CT molecular complexity index is 681. The lowest BCUT2D eigenvalue weighted by Crippen LogP contribution is -2.53. The van der Waals surface area contributed by atoms with Crippen LogP contribution in [0.4, 0.5) is 0 Å². The van der Waals surface area contributed by atoms with Gasteiger partial charge < -0.3 is 19.6 Å². The van der Waals surface area contributed by atoms with Gasteiger partial charge in [-0.15, -0.1) is 0 Å². The van der Waals surface area contributed by atoms with Gasteiger partial charge in [-0.05, 0) is 31.7 Å². The van der Waals surface area contributed by atoms with Crippen molar-refractivity contribution in [1.82, 2.24) is 19.6 Å². The molecule has 0 N–H and O–H groups in total. The van der Waals surface area contributed by atoms with Gasteiger partial charge in [-0.2, -0.15) is 0 Å². The Balaban J connectivity index is 1.60. The summed E-state index contributed by atoms with van der Waals surface area (Å²) in [6.07, 6.45) is 0. The number of benzene rings is 1. The van der Waals surface area contributed by atoms with Crippen molar-refractivity contribution >= 4 is 17.7 Å². The fraction of sp³-hybridized carbons (Fsp3) is 0.526. The average molecular weight is 358 g/mol. The molecular formula is C19H26N4O3. The minimum Gasteiger partial charge on any atom is -0.336 e. The average Bonchev–Trinajstić information content (AvgIpc) is 2.66. The van der Waals surface area contributed by atoms with Gasteiger partial charge in [-0.1, -0.05) is 12.1 Å². The van der Waals surface area contributed by atoms with E-state index in [0.29, 0.717) is 31.7 Å². The highest BCUT2D eigenvalue weighted by Gasteiger charge is 2.31. The van der Waals surface area contributed by atoms with Crippen molar-refractivity contribution in [2.75, 3.05) is 52.9 Å². The molecule has 7 heteroatoms. The topological polar surface area (TPSA) is 64.2 Å². The first kappa shape index (κ1) is 18.4. The smallest absolute Gasteiger partial charge is 0.312 e. The van der Waals surface area contributed by atoms with Gasteiger partial charge in [-0.25, -0.2) is 0 Å². The van der Waals surface area contributed by atoms with Crippen LogP contribution in [0.15, 0.2) is 24.3 Å². The van der Waals surface area contributed by atoms with Crippen LogP contribution in [0.5, 0.6) is 0 Å². The van der Waals surface area contributed by atoms with Crippen molar-refractivity contribution in [3.8, 4) is 0 Å². The Hall–Kier alpha value is -2.41. The first-order chi connectivity index (χ1) is 12.5. The molecular weight excluding hydrogens is 332 g/mol. The van der Waals surface area contributed by atoms with Crippen molar-refractivity contribution in [2.45, 2.75) is 13.5 Å². The zero-order valence-corrected chi connectivity index (χ0v) is 15.5. The van der Waals surface area contributed by atoms with Crippen molar-refractivity contribution in [3.05, 3.63) is 35.4 Å². The quantitative estimate of drug-likeness (QED) is 0.725. The summed E-state index contributed by atoms with van der Waals surface area (Å²) < 4.78 is 0. The van der Waals surface area contributed by atoms with Crippen molar-refractivity contribution in [2.24, 2.45) is 0 Å². The van der Waals surface area contributed by atoms with E-state index in [0.717, 1.165) is 31.7 Å². The third-order valence-corrected chi connectivity index (χ3v) is 5.14. The number of carbonyl (C=O) groups is 3. The molecule has 26 heavy (non-hydrogen) atoms. The highest BCUT2D eigenvalue weighted by Crippen LogP contribution is 2.14. The molecule has 2 fully saturated rings. The molecule has 3 rings (SSSR count). The molecule has 0 unspecified atom stereocenters. The first-order valence-electron chi connectivity index (χ1n) is 9.14. The predicted octanol–water partition coefficient (Wildman–Crippen LogP) is 0.265. The maximum absolute atomic E-state index is 12.6. The molecule has 140 valence electrons. The lowest BCUT2D eigenvalue weighted by molar-refractivity contribution is -0.156. The molecule has 0 bridgehead atoms. The fourth-order valence-corrected chi connectivity index (χ4v) is 3.33. The third kappa shape index (κ3) is 3.88. The zero-order valence-electron chi connectivity index (χ0n) is 15.5. The highest BCUT2D eigenvalue weighted by molar-refractivity contribution is 6.35. The summed E-state index contributed by atoms with van der Waals surface area (Å²) in [7, 11) is 2.06. The van der Waals surface area contributed by atoms with Crippen LogP contribution in [0.3, 0.4) is 0 Å². The molecule has 0 spiro atoms. The fourth-order valence-electron chi connectivity index (χ4n) is 3.33. The highest BCUT2D eigenvalue weighted by atomic mass is 16.2. The Morgan fingerprint density at radius 2 is 1.46 bits per heavy atom. The van der Waals surface area contributed by atoms with E-state index in [4.69, 9.17) is 0 Å². The zero-order chi connectivity index (χ0) is 18.7. The predicted molar refractivity (Wildman–Crippen MR) is 97.5 cm³/mol. The lowest BCUT2D eigenvalue weighted by Gasteiger charge is -2.33. The molecule has 0 aromatic heterocycles. The molecule has 2 heterocycles. The summed E-state index contributed by atoms with van der Waals surface area (Å²) in [5.74, 6) is -0.830. The van der Waals surface area contributed by atoms with Crippen LogP contribution in [0.1, 0.15) is 22.8 Å². The van der Waals surface area contributed by atoms with E-state index in [-0.39, 0.29) is 5.91 Å². The molecule has 1 aromatic rings. The molecule has 0 radical (unpaired) electrons. The van der Waals surface area contributed by atoms with Gasteiger partial charge in [0.25, 0.3) is 5.91 Å². The van der Waals surface area contributed by atoms with Crippen LogP contribution < -0.4 is 0 Å². The van der Waals surface area contributed by atoms with Gasteiger partial charge in [0.2, 0.25) is 0 Å². The second kappa shape index (κ2) is 7.86. The van der Waals surface area contributed by atoms with E-state index < -0.39 is 11.8 Å². The Morgan fingerprint density at radius 1 is 0.885 bits per heavy atom. The van der Waals surface area contributed by atoms with E-state index in [1.54, 1.807) is 9.80 Å². The second-order valence-corrected chi connectivity index (χ2v) is 6.90. The van der Waals surface area contributed by atoms with E-state index in [2.05, 4.69) is 11.9 Å². The normalized spacial score (nSPS) is 19.2. The molecule has 2 aliphatic rings. The van der Waals surface area contributed by atoms with Gasteiger partial charge in [-0.3, -0.25) is 14.4 Å². The van der Waals surface area contributed by atoms with Crippen LogP contribution in [0.2, 0.25) is 0 Å². The monoisotopic (exact) mass is 358 g/mol. The maximum atomic E-state index is 12.6. The van der Waals surface area contributed by atoms with E-state index in [9.17, 15) is 14.4 Å². The molecule has 2 aliphatic heterocycles. The van der Waals surface area contributed by atoms with Gasteiger partial charge in [0.1, 0.15) is 0 Å². The van der Waals surface area contributed by atoms with Gasteiger partial charge >= 0.3 is 11.8 Å². The lowest BCUT2D eigenvalue weighted by atomic mass is 10.1. The number of hydrogen-bond acceptors (Lipinski definition) is 4. The first-order valence-corrected chi connectivity index (χ1v) is 9.14. The van der Waals surface area contributed by atoms with E-state index >= 15 is 0 Å². The minimum atomic E-state index is -0.448. The number of carbonyl (C=O) groups excluding carboxylic acids is 3. The number of amides is 3. The van der Waals surface area contributed by atoms with E-state index in [1.165, 1.54) is 0 Å². The van der Waals surface area contributed by atoms with Crippen LogP contribution in [-0.4, -0.2) is 90.2 Å². The third-order valence-electron chi connectivity index (χ3n) is 5.14. The number of piperazine rings is 2. The molecule has 1 aromatic carbocycles. The molecule has 7 nitrogen and oxygen atoms in total. The Kier molecular flexibility index (Phi) is 5.56. The molecule has 3 amide bonds. The van der Waals surface area contributed by atoms with Gasteiger partial charge in [0.05, 0.1) is 0 Å². The van der Waals surface area contributed by atoms with Gasteiger partial charge in [0, 0.05) is 57.9 Å². The van der Waals surface area contributed by atoms with Crippen molar-refractivity contribution < 1.29 is 14.4 Å². The molecule has 0 aliphatic carbocycles. The summed E-state index contributed by atoms with van der Waals surface area (Å²) in [6, 6.07) is 7.36. The summed E-state index contributed by atoms with van der Waals surface area (Å²) in [5.41, 5.74) is 1.59. The summed E-state index contributed by atoms with van der Waals surface area (Å²) in [5, 5.41) is 0. The number of rotatable bonds is 4. The molecule has 0 saturated carbocycles. The molecule has 2 saturated heterocycles. The largest absolute Gasteiger partial charge is 0.336 e. The van der Waals surface area contributed by atoms with Crippen LogP contribution in [0.25, 0.3) is 0 Å². The minimum absolute atomic E-state index is 0.0486. The summed E-state index contributed by atoms with van der Waals surface area (Å²) >= 11 is 0. The van der Waals surface area contributed by atoms with Crippen LogP contribution >= 0.6 is 0 Å². The summed E-state index contributed by atoms with van der Waals surface area (Å²) in [6.45, 7) is 7.21. The van der Waals surface area contributed by atoms with Crippen LogP contribution in [-0.2, 0) is 16.1 Å². The SMILES string of the molecule is CCN1CCN(Cc2ccc(C(=O)N3CCN(C)CC3)cc2)C(=O)C1=O.